The summed E-state index contributed by atoms with van der Waals surface area (Å²) < 4.78 is 0. The van der Waals surface area contributed by atoms with Gasteiger partial charge < -0.3 is 10.4 Å². The first kappa shape index (κ1) is 12.6. The Morgan fingerprint density at radius 2 is 2.00 bits per heavy atom. The van der Waals surface area contributed by atoms with Gasteiger partial charge in [0, 0.05) is 12.6 Å². The van der Waals surface area contributed by atoms with Crippen molar-refractivity contribution in [1.29, 1.82) is 0 Å². The molecular formula is C15H23NO. The van der Waals surface area contributed by atoms with Crippen molar-refractivity contribution in [3.63, 3.8) is 0 Å². The minimum absolute atomic E-state index is 0.380. The largest absolute Gasteiger partial charge is 0.387 e. The molecule has 1 aromatic rings. The summed E-state index contributed by atoms with van der Waals surface area (Å²) in [5, 5.41) is 13.6. The van der Waals surface area contributed by atoms with Crippen LogP contribution in [-0.2, 0) is 0 Å². The van der Waals surface area contributed by atoms with Crippen LogP contribution < -0.4 is 5.32 Å². The molecule has 17 heavy (non-hydrogen) atoms. The second-order valence-corrected chi connectivity index (χ2v) is 5.34. The van der Waals surface area contributed by atoms with Crippen molar-refractivity contribution >= 4 is 0 Å². The predicted octanol–water partition coefficient (Wildman–Crippen LogP) is 2.99. The molecular weight excluding hydrogens is 210 g/mol. The van der Waals surface area contributed by atoms with E-state index in [4.69, 9.17) is 0 Å². The van der Waals surface area contributed by atoms with E-state index >= 15 is 0 Å². The Kier molecular flexibility index (Phi) is 4.19. The fraction of sp³-hybridized carbons (Fsp3) is 0.600. The molecule has 2 rings (SSSR count). The predicted molar refractivity (Wildman–Crippen MR) is 71.1 cm³/mol. The summed E-state index contributed by atoms with van der Waals surface area (Å²) in [6, 6.07) is 8.77. The zero-order chi connectivity index (χ0) is 12.3. The summed E-state index contributed by atoms with van der Waals surface area (Å²) in [7, 11) is 0. The molecule has 0 radical (unpaired) electrons. The zero-order valence-electron chi connectivity index (χ0n) is 10.8. The van der Waals surface area contributed by atoms with Gasteiger partial charge in [-0.3, -0.25) is 0 Å². The standard InChI is InChI=1S/C15H23NO/c1-11(2)16-10-15(17)14-9-4-3-8-13(14)12-6-5-7-12/h3-4,8-9,11-12,15-17H,5-7,10H2,1-2H3. The van der Waals surface area contributed by atoms with Crippen LogP contribution in [0.4, 0.5) is 0 Å². The van der Waals surface area contributed by atoms with Crippen LogP contribution in [0.5, 0.6) is 0 Å². The van der Waals surface area contributed by atoms with Crippen LogP contribution in [0.3, 0.4) is 0 Å². The minimum atomic E-state index is -0.380. The molecule has 1 fully saturated rings. The molecule has 0 aliphatic heterocycles. The van der Waals surface area contributed by atoms with E-state index in [0.29, 0.717) is 18.5 Å². The van der Waals surface area contributed by atoms with Crippen LogP contribution in [0.2, 0.25) is 0 Å². The lowest BCUT2D eigenvalue weighted by molar-refractivity contribution is 0.169. The molecule has 0 bridgehead atoms. The summed E-state index contributed by atoms with van der Waals surface area (Å²) in [6.45, 7) is 4.84. The van der Waals surface area contributed by atoms with Gasteiger partial charge >= 0.3 is 0 Å². The Bertz CT molecular complexity index is 358. The van der Waals surface area contributed by atoms with Gasteiger partial charge in [-0.25, -0.2) is 0 Å². The quantitative estimate of drug-likeness (QED) is 0.819. The summed E-state index contributed by atoms with van der Waals surface area (Å²) >= 11 is 0. The number of aliphatic hydroxyl groups excluding tert-OH is 1. The maximum Gasteiger partial charge on any atom is 0.0917 e. The van der Waals surface area contributed by atoms with Gasteiger partial charge in [0.25, 0.3) is 0 Å². The molecule has 0 amide bonds. The molecule has 0 heterocycles. The molecule has 1 unspecified atom stereocenters. The Morgan fingerprint density at radius 3 is 2.59 bits per heavy atom. The van der Waals surface area contributed by atoms with Crippen molar-refractivity contribution in [2.45, 2.75) is 51.2 Å². The number of rotatable bonds is 5. The molecule has 0 aromatic heterocycles. The van der Waals surface area contributed by atoms with Gasteiger partial charge in [-0.2, -0.15) is 0 Å². The van der Waals surface area contributed by atoms with Crippen molar-refractivity contribution in [3.05, 3.63) is 35.4 Å². The molecule has 1 aliphatic carbocycles. The van der Waals surface area contributed by atoms with Crippen molar-refractivity contribution in [3.8, 4) is 0 Å². The monoisotopic (exact) mass is 233 g/mol. The topological polar surface area (TPSA) is 32.3 Å². The molecule has 2 N–H and O–H groups in total. The maximum atomic E-state index is 10.3. The van der Waals surface area contributed by atoms with Gasteiger partial charge in [0.05, 0.1) is 6.10 Å². The molecule has 0 saturated heterocycles. The molecule has 1 saturated carbocycles. The van der Waals surface area contributed by atoms with Crippen LogP contribution in [0.1, 0.15) is 56.3 Å². The van der Waals surface area contributed by atoms with E-state index in [2.05, 4.69) is 37.4 Å². The molecule has 2 nitrogen and oxygen atoms in total. The van der Waals surface area contributed by atoms with Crippen LogP contribution in [0.15, 0.2) is 24.3 Å². The molecule has 2 heteroatoms. The number of benzene rings is 1. The van der Waals surface area contributed by atoms with Crippen LogP contribution >= 0.6 is 0 Å². The highest BCUT2D eigenvalue weighted by Crippen LogP contribution is 2.39. The zero-order valence-corrected chi connectivity index (χ0v) is 10.8. The molecule has 94 valence electrons. The van der Waals surface area contributed by atoms with E-state index in [0.717, 1.165) is 5.56 Å². The Hall–Kier alpha value is -0.860. The molecule has 1 aliphatic rings. The van der Waals surface area contributed by atoms with Crippen LogP contribution in [0, 0.1) is 0 Å². The fourth-order valence-corrected chi connectivity index (χ4v) is 2.36. The third-order valence-electron chi connectivity index (χ3n) is 3.62. The lowest BCUT2D eigenvalue weighted by atomic mass is 9.77. The van der Waals surface area contributed by atoms with Gasteiger partial charge in [-0.1, -0.05) is 44.5 Å². The summed E-state index contributed by atoms with van der Waals surface area (Å²) in [4.78, 5) is 0. The van der Waals surface area contributed by atoms with E-state index in [-0.39, 0.29) is 6.10 Å². The van der Waals surface area contributed by atoms with Gasteiger partial charge in [0.2, 0.25) is 0 Å². The fourth-order valence-electron chi connectivity index (χ4n) is 2.36. The first-order chi connectivity index (χ1) is 8.18. The smallest absolute Gasteiger partial charge is 0.0917 e. The van der Waals surface area contributed by atoms with Crippen molar-refractivity contribution in [2.75, 3.05) is 6.54 Å². The third kappa shape index (κ3) is 3.08. The highest BCUT2D eigenvalue weighted by Gasteiger charge is 2.23. The number of aliphatic hydroxyl groups is 1. The van der Waals surface area contributed by atoms with Crippen molar-refractivity contribution in [2.24, 2.45) is 0 Å². The van der Waals surface area contributed by atoms with Gasteiger partial charge in [-0.15, -0.1) is 0 Å². The lowest BCUT2D eigenvalue weighted by Gasteiger charge is -2.29. The van der Waals surface area contributed by atoms with Crippen molar-refractivity contribution < 1.29 is 5.11 Å². The molecule has 1 aromatic carbocycles. The maximum absolute atomic E-state index is 10.3. The first-order valence-electron chi connectivity index (χ1n) is 6.68. The minimum Gasteiger partial charge on any atom is -0.387 e. The van der Waals surface area contributed by atoms with E-state index in [1.807, 2.05) is 6.07 Å². The SMILES string of the molecule is CC(C)NCC(O)c1ccccc1C1CCC1. The van der Waals surface area contributed by atoms with E-state index < -0.39 is 0 Å². The number of hydrogen-bond donors (Lipinski definition) is 2. The average molecular weight is 233 g/mol. The van der Waals surface area contributed by atoms with Crippen molar-refractivity contribution in [1.82, 2.24) is 5.32 Å². The highest BCUT2D eigenvalue weighted by atomic mass is 16.3. The van der Waals surface area contributed by atoms with E-state index in [9.17, 15) is 5.11 Å². The summed E-state index contributed by atoms with van der Waals surface area (Å²) in [5.74, 6) is 0.680. The van der Waals surface area contributed by atoms with E-state index in [1.54, 1.807) is 0 Å². The molecule has 1 atom stereocenters. The van der Waals surface area contributed by atoms with Gasteiger partial charge in [0.15, 0.2) is 0 Å². The Balaban J connectivity index is 2.07. The summed E-state index contributed by atoms with van der Waals surface area (Å²) in [6.07, 6.45) is 3.51. The highest BCUT2D eigenvalue weighted by molar-refractivity contribution is 5.33. The van der Waals surface area contributed by atoms with Gasteiger partial charge in [0.1, 0.15) is 0 Å². The molecule has 0 spiro atoms. The van der Waals surface area contributed by atoms with Crippen LogP contribution in [-0.4, -0.2) is 17.7 Å². The Labute approximate surface area is 104 Å². The number of hydrogen-bond acceptors (Lipinski definition) is 2. The average Bonchev–Trinajstić information content (AvgIpc) is 2.24. The van der Waals surface area contributed by atoms with Crippen LogP contribution in [0.25, 0.3) is 0 Å². The van der Waals surface area contributed by atoms with Gasteiger partial charge in [-0.05, 0) is 29.9 Å². The normalized spacial score (nSPS) is 18.1. The summed E-state index contributed by atoms with van der Waals surface area (Å²) in [5.41, 5.74) is 2.47. The van der Waals surface area contributed by atoms with E-state index in [1.165, 1.54) is 24.8 Å². The third-order valence-corrected chi connectivity index (χ3v) is 3.62. The second-order valence-electron chi connectivity index (χ2n) is 5.34. The lowest BCUT2D eigenvalue weighted by Crippen LogP contribution is -2.28. The number of nitrogens with one attached hydrogen (secondary N) is 1. The first-order valence-corrected chi connectivity index (χ1v) is 6.68. The Morgan fingerprint density at radius 1 is 1.29 bits per heavy atom. The second kappa shape index (κ2) is 5.65.